The van der Waals surface area contributed by atoms with Crippen molar-refractivity contribution in [1.82, 2.24) is 10.6 Å². The molecular weight excluding hydrogens is 511 g/mol. The molecule has 0 saturated heterocycles. The van der Waals surface area contributed by atoms with Gasteiger partial charge in [0.05, 0.1) is 15.1 Å². The van der Waals surface area contributed by atoms with Gasteiger partial charge in [0.15, 0.2) is 0 Å². The van der Waals surface area contributed by atoms with Gasteiger partial charge >= 0.3 is 0 Å². The highest BCUT2D eigenvalue weighted by Crippen LogP contribution is 2.44. The molecule has 0 aromatic heterocycles. The number of carbonyl (C=O) groups excluding carboxylic acids is 2. The number of aryl methyl sites for hydroxylation is 1. The Morgan fingerprint density at radius 3 is 2.25 bits per heavy atom. The minimum atomic E-state index is -0.913. The van der Waals surface area contributed by atoms with Crippen LogP contribution in [0.15, 0.2) is 45.3 Å². The van der Waals surface area contributed by atoms with E-state index in [0.29, 0.717) is 12.2 Å². The van der Waals surface area contributed by atoms with Gasteiger partial charge < -0.3 is 10.6 Å². The van der Waals surface area contributed by atoms with E-state index in [1.807, 2.05) is 31.7 Å². The molecule has 4 atom stereocenters. The number of benzene rings is 1. The van der Waals surface area contributed by atoms with Gasteiger partial charge in [-0.2, -0.15) is 0 Å². The summed E-state index contributed by atoms with van der Waals surface area (Å²) in [5, 5.41) is 8.62. The molecule has 10 heteroatoms. The fourth-order valence-corrected chi connectivity index (χ4v) is 8.28. The van der Waals surface area contributed by atoms with E-state index >= 15 is 0 Å². The van der Waals surface area contributed by atoms with E-state index in [0.717, 1.165) is 34.4 Å². The molecule has 7 nitrogen and oxygen atoms in total. The fraction of sp³-hybridized carbons (Fsp3) is 0.577. The smallest absolute Gasteiger partial charge is 0.249 e. The Balaban J connectivity index is 1.45. The summed E-state index contributed by atoms with van der Waals surface area (Å²) in [4.78, 5) is 40.3. The van der Waals surface area contributed by atoms with Crippen LogP contribution in [0.25, 0.3) is 0 Å². The molecule has 0 unspecified atom stereocenters. The molecule has 0 fully saturated rings. The van der Waals surface area contributed by atoms with E-state index in [1.165, 1.54) is 10.6 Å². The predicted molar refractivity (Wildman–Crippen MR) is 156 cm³/mol. The number of hydrogen-bond acceptors (Lipinski definition) is 8. The van der Waals surface area contributed by atoms with Crippen LogP contribution >= 0.6 is 35.3 Å². The highest BCUT2D eigenvalue weighted by molar-refractivity contribution is 8.17. The molecule has 1 aromatic rings. The maximum absolute atomic E-state index is 13.1. The highest BCUT2D eigenvalue weighted by Gasteiger charge is 2.49. The van der Waals surface area contributed by atoms with Gasteiger partial charge in [0.2, 0.25) is 11.8 Å². The molecule has 2 N–H and O–H groups in total. The van der Waals surface area contributed by atoms with Crippen LogP contribution in [0.2, 0.25) is 0 Å². The first-order valence-electron chi connectivity index (χ1n) is 12.3. The van der Waals surface area contributed by atoms with Crippen LogP contribution in [-0.4, -0.2) is 73.9 Å². The third-order valence-electron chi connectivity index (χ3n) is 6.73. The van der Waals surface area contributed by atoms with Crippen LogP contribution in [0.1, 0.15) is 46.1 Å². The van der Waals surface area contributed by atoms with Crippen molar-refractivity contribution in [3.63, 3.8) is 0 Å². The summed E-state index contributed by atoms with van der Waals surface area (Å²) in [7, 11) is 1.58. The lowest BCUT2D eigenvalue weighted by molar-refractivity contribution is -0.130. The van der Waals surface area contributed by atoms with Crippen LogP contribution in [0.3, 0.4) is 0 Å². The summed E-state index contributed by atoms with van der Waals surface area (Å²) in [5.74, 6) is 1.82. The molecule has 4 rings (SSSR count). The number of thioether (sulfide) groups is 3. The second-order valence-corrected chi connectivity index (χ2v) is 13.0. The molecule has 0 radical (unpaired) electrons. The van der Waals surface area contributed by atoms with Crippen molar-refractivity contribution in [1.29, 1.82) is 0 Å². The van der Waals surface area contributed by atoms with E-state index in [2.05, 4.69) is 48.7 Å². The van der Waals surface area contributed by atoms with Gasteiger partial charge in [0.1, 0.15) is 22.7 Å². The minimum Gasteiger partial charge on any atom is -0.357 e. The number of aliphatic imine (C=N–C) groups is 3. The molecule has 36 heavy (non-hydrogen) atoms. The first kappa shape index (κ1) is 27.3. The standard InChI is InChI=1S/C26H35N5O2S3/c1-6-18(20(32)27-5)28-21(33)24(2)14-35-23(30-24)26(4)16-36-22(31-26)25(3)15-34-19(29-25)13-12-17-10-8-7-9-11-17/h7-11,18H,6,12-16H2,1-5H3,(H,27,32)(H,28,33)/t18-,24-,25-,26-/m0/s1. The highest BCUT2D eigenvalue weighted by atomic mass is 32.2. The molecule has 0 saturated carbocycles. The molecule has 3 aliphatic heterocycles. The number of nitrogens with one attached hydrogen (secondary N) is 2. The third kappa shape index (κ3) is 5.70. The number of carbonyl (C=O) groups is 2. The lowest BCUT2D eigenvalue weighted by Crippen LogP contribution is -2.52. The normalized spacial score (nSPS) is 30.4. The van der Waals surface area contributed by atoms with Gasteiger partial charge in [-0.25, -0.2) is 0 Å². The Kier molecular flexibility index (Phi) is 8.26. The van der Waals surface area contributed by atoms with Crippen molar-refractivity contribution in [3.05, 3.63) is 35.9 Å². The second-order valence-electron chi connectivity index (χ2n) is 10.1. The lowest BCUT2D eigenvalue weighted by Gasteiger charge is -2.23. The lowest BCUT2D eigenvalue weighted by atomic mass is 10.0. The molecule has 3 heterocycles. The SMILES string of the molecule is CC[C@H](NC(=O)[C@]1(C)CSC([C@]2(C)CSC([C@]3(C)CSC(CCc4ccccc4)=N3)=N2)=N1)C(=O)NC. The Morgan fingerprint density at radius 1 is 0.917 bits per heavy atom. The van der Waals surface area contributed by atoms with Crippen LogP contribution in [0.4, 0.5) is 0 Å². The molecule has 0 bridgehead atoms. The van der Waals surface area contributed by atoms with Crippen LogP contribution in [0, 0.1) is 0 Å². The first-order valence-corrected chi connectivity index (χ1v) is 15.3. The number of likely N-dealkylation sites (N-methyl/N-ethyl adjacent to an activating group) is 1. The molecule has 1 aromatic carbocycles. The third-order valence-corrected chi connectivity index (χ3v) is 11.1. The summed E-state index contributed by atoms with van der Waals surface area (Å²) >= 11 is 5.20. The summed E-state index contributed by atoms with van der Waals surface area (Å²) in [6.07, 6.45) is 2.47. The largest absolute Gasteiger partial charge is 0.357 e. The van der Waals surface area contributed by atoms with E-state index in [-0.39, 0.29) is 17.4 Å². The molecule has 2 amide bonds. The zero-order chi connectivity index (χ0) is 26.0. The summed E-state index contributed by atoms with van der Waals surface area (Å²) in [6.45, 7) is 8.00. The van der Waals surface area contributed by atoms with E-state index < -0.39 is 17.1 Å². The average Bonchev–Trinajstić information content (AvgIpc) is 3.60. The second kappa shape index (κ2) is 10.9. The zero-order valence-corrected chi connectivity index (χ0v) is 24.0. The maximum Gasteiger partial charge on any atom is 0.249 e. The van der Waals surface area contributed by atoms with Crippen molar-refractivity contribution >= 4 is 62.2 Å². The minimum absolute atomic E-state index is 0.191. The van der Waals surface area contributed by atoms with Gasteiger partial charge in [-0.3, -0.25) is 24.6 Å². The average molecular weight is 546 g/mol. The quantitative estimate of drug-likeness (QED) is 0.490. The Morgan fingerprint density at radius 2 is 1.56 bits per heavy atom. The van der Waals surface area contributed by atoms with Crippen LogP contribution in [0.5, 0.6) is 0 Å². The number of hydrogen-bond donors (Lipinski definition) is 2. The van der Waals surface area contributed by atoms with Crippen LogP contribution < -0.4 is 10.6 Å². The molecule has 3 aliphatic rings. The Bertz CT molecular complexity index is 1110. The Hall–Kier alpha value is -1.78. The molecule has 0 aliphatic carbocycles. The van der Waals surface area contributed by atoms with Gasteiger partial charge in [0.25, 0.3) is 0 Å². The van der Waals surface area contributed by atoms with Crippen molar-refractivity contribution in [3.8, 4) is 0 Å². The van der Waals surface area contributed by atoms with Crippen molar-refractivity contribution < 1.29 is 9.59 Å². The van der Waals surface area contributed by atoms with E-state index in [9.17, 15) is 9.59 Å². The Labute approximate surface area is 226 Å². The van der Waals surface area contributed by atoms with Crippen LogP contribution in [-0.2, 0) is 16.0 Å². The molecular formula is C26H35N5O2S3. The number of nitrogens with zero attached hydrogens (tertiary/aromatic N) is 3. The van der Waals surface area contributed by atoms with Crippen molar-refractivity contribution in [2.75, 3.05) is 24.3 Å². The van der Waals surface area contributed by atoms with Crippen molar-refractivity contribution in [2.24, 2.45) is 15.0 Å². The molecule has 194 valence electrons. The predicted octanol–water partition coefficient (Wildman–Crippen LogP) is 3.97. The number of amides is 2. The monoisotopic (exact) mass is 545 g/mol. The van der Waals surface area contributed by atoms with Gasteiger partial charge in [0, 0.05) is 24.3 Å². The maximum atomic E-state index is 13.1. The van der Waals surface area contributed by atoms with E-state index in [1.54, 1.807) is 30.6 Å². The van der Waals surface area contributed by atoms with Gasteiger partial charge in [-0.1, -0.05) is 37.3 Å². The van der Waals surface area contributed by atoms with Crippen molar-refractivity contribution in [2.45, 2.75) is 69.6 Å². The van der Waals surface area contributed by atoms with Gasteiger partial charge in [-0.15, -0.1) is 35.3 Å². The molecule has 0 spiro atoms. The summed E-state index contributed by atoms with van der Waals surface area (Å²) < 4.78 is 0. The summed E-state index contributed by atoms with van der Waals surface area (Å²) in [6, 6.07) is 9.98. The first-order chi connectivity index (χ1) is 17.1. The fourth-order valence-electron chi connectivity index (χ4n) is 4.31. The topological polar surface area (TPSA) is 95.3 Å². The summed E-state index contributed by atoms with van der Waals surface area (Å²) in [5.41, 5.74) is -0.364. The van der Waals surface area contributed by atoms with Gasteiger partial charge in [-0.05, 0) is 45.6 Å². The zero-order valence-electron chi connectivity index (χ0n) is 21.6. The van der Waals surface area contributed by atoms with E-state index in [4.69, 9.17) is 15.0 Å². The number of rotatable bonds is 9.